The lowest BCUT2D eigenvalue weighted by Crippen LogP contribution is -2.45. The van der Waals surface area contributed by atoms with Crippen LogP contribution in [-0.4, -0.2) is 44.3 Å². The van der Waals surface area contributed by atoms with Crippen LogP contribution >= 0.6 is 0 Å². The van der Waals surface area contributed by atoms with Crippen LogP contribution in [0.25, 0.3) is 0 Å². The van der Waals surface area contributed by atoms with Crippen molar-refractivity contribution in [2.24, 2.45) is 17.6 Å². The van der Waals surface area contributed by atoms with E-state index < -0.39 is 10.0 Å². The highest BCUT2D eigenvalue weighted by Gasteiger charge is 2.33. The summed E-state index contributed by atoms with van der Waals surface area (Å²) in [6.45, 7) is 5.04. The van der Waals surface area contributed by atoms with Gasteiger partial charge in [-0.15, -0.1) is 0 Å². The molecule has 1 aliphatic carbocycles. The molecule has 1 aromatic carbocycles. The fourth-order valence-electron chi connectivity index (χ4n) is 3.64. The van der Waals surface area contributed by atoms with Crippen LogP contribution in [0.5, 0.6) is 0 Å². The second-order valence-corrected chi connectivity index (χ2v) is 9.60. The number of aryl methyl sites for hydroxylation is 2. The molecular formula is C19H29N3O3S. The first-order valence-electron chi connectivity index (χ1n) is 9.39. The second-order valence-electron chi connectivity index (χ2n) is 7.69. The third-order valence-electron chi connectivity index (χ3n) is 5.51. The molecule has 3 rings (SSSR count). The van der Waals surface area contributed by atoms with Crippen molar-refractivity contribution >= 4 is 15.9 Å². The van der Waals surface area contributed by atoms with Crippen LogP contribution in [-0.2, 0) is 14.8 Å². The number of sulfonamides is 1. The largest absolute Gasteiger partial charge is 0.354 e. The first kappa shape index (κ1) is 19.3. The van der Waals surface area contributed by atoms with Crippen molar-refractivity contribution in [3.63, 3.8) is 0 Å². The van der Waals surface area contributed by atoms with E-state index in [9.17, 15) is 13.2 Å². The summed E-state index contributed by atoms with van der Waals surface area (Å²) in [5.41, 5.74) is 7.83. The fraction of sp³-hybridized carbons (Fsp3) is 0.632. The summed E-state index contributed by atoms with van der Waals surface area (Å²) in [7, 11) is -3.51. The number of rotatable bonds is 6. The van der Waals surface area contributed by atoms with Crippen LogP contribution in [0.15, 0.2) is 23.1 Å². The molecule has 0 radical (unpaired) electrons. The Morgan fingerprint density at radius 2 is 1.88 bits per heavy atom. The van der Waals surface area contributed by atoms with E-state index in [1.807, 2.05) is 26.0 Å². The van der Waals surface area contributed by atoms with E-state index in [0.717, 1.165) is 24.0 Å². The Balaban J connectivity index is 1.56. The maximum atomic E-state index is 12.9. The van der Waals surface area contributed by atoms with E-state index in [4.69, 9.17) is 5.73 Å². The third kappa shape index (κ3) is 4.27. The molecule has 6 nitrogen and oxygen atoms in total. The van der Waals surface area contributed by atoms with Gasteiger partial charge in [0.15, 0.2) is 0 Å². The highest BCUT2D eigenvalue weighted by molar-refractivity contribution is 7.89. The van der Waals surface area contributed by atoms with Gasteiger partial charge in [-0.05, 0) is 57.1 Å². The maximum Gasteiger partial charge on any atom is 0.243 e. The zero-order valence-electron chi connectivity index (χ0n) is 15.6. The lowest BCUT2D eigenvalue weighted by atomic mass is 9.97. The summed E-state index contributed by atoms with van der Waals surface area (Å²) in [5.74, 6) is 0.427. The molecular weight excluding hydrogens is 350 g/mol. The van der Waals surface area contributed by atoms with Crippen LogP contribution in [0.2, 0.25) is 0 Å². The standard InChI is InChI=1S/C19H29N3O3S/c1-13-3-6-18(14(2)11-13)26(24,25)22-9-7-16(8-10-22)19(23)21-12-17(20)15-4-5-15/h3,6,11,15-17H,4-5,7-10,12,20H2,1-2H3,(H,21,23). The van der Waals surface area contributed by atoms with Gasteiger partial charge in [0.1, 0.15) is 0 Å². The smallest absolute Gasteiger partial charge is 0.243 e. The first-order valence-corrected chi connectivity index (χ1v) is 10.8. The van der Waals surface area contributed by atoms with Crippen LogP contribution in [0.1, 0.15) is 36.8 Å². The zero-order valence-corrected chi connectivity index (χ0v) is 16.4. The molecule has 2 aliphatic rings. The minimum absolute atomic E-state index is 0.00432. The minimum atomic E-state index is -3.51. The predicted molar refractivity (Wildman–Crippen MR) is 101 cm³/mol. The maximum absolute atomic E-state index is 12.9. The van der Waals surface area contributed by atoms with Gasteiger partial charge in [0.25, 0.3) is 0 Å². The quantitative estimate of drug-likeness (QED) is 0.784. The number of benzene rings is 1. The number of hydrogen-bond acceptors (Lipinski definition) is 4. The Labute approximate surface area is 156 Å². The second kappa shape index (κ2) is 7.66. The topological polar surface area (TPSA) is 92.5 Å². The van der Waals surface area contributed by atoms with Gasteiger partial charge in [-0.1, -0.05) is 17.7 Å². The van der Waals surface area contributed by atoms with Crippen molar-refractivity contribution in [2.45, 2.75) is 50.5 Å². The summed E-state index contributed by atoms with van der Waals surface area (Å²) in [6, 6.07) is 5.43. The Morgan fingerprint density at radius 1 is 1.23 bits per heavy atom. The van der Waals surface area contributed by atoms with Gasteiger partial charge in [-0.2, -0.15) is 4.31 Å². The highest BCUT2D eigenvalue weighted by Crippen LogP contribution is 2.31. The summed E-state index contributed by atoms with van der Waals surface area (Å²) in [4.78, 5) is 12.7. The van der Waals surface area contributed by atoms with Gasteiger partial charge in [0.2, 0.25) is 15.9 Å². The number of hydrogen-bond donors (Lipinski definition) is 2. The van der Waals surface area contributed by atoms with Crippen molar-refractivity contribution in [1.82, 2.24) is 9.62 Å². The zero-order chi connectivity index (χ0) is 18.9. The molecule has 144 valence electrons. The summed E-state index contributed by atoms with van der Waals surface area (Å²) in [6.07, 6.45) is 3.42. The molecule has 1 aromatic rings. The van der Waals surface area contributed by atoms with E-state index in [2.05, 4.69) is 5.32 Å². The van der Waals surface area contributed by atoms with E-state index >= 15 is 0 Å². The molecule has 1 saturated carbocycles. The molecule has 7 heteroatoms. The first-order chi connectivity index (χ1) is 12.3. The van der Waals surface area contributed by atoms with Gasteiger partial charge in [0.05, 0.1) is 4.90 Å². The molecule has 3 N–H and O–H groups in total. The number of amides is 1. The fourth-order valence-corrected chi connectivity index (χ4v) is 5.32. The lowest BCUT2D eigenvalue weighted by Gasteiger charge is -2.31. The summed E-state index contributed by atoms with van der Waals surface area (Å²) < 4.78 is 27.3. The molecule has 1 aliphatic heterocycles. The van der Waals surface area contributed by atoms with Crippen molar-refractivity contribution < 1.29 is 13.2 Å². The van der Waals surface area contributed by atoms with E-state index in [1.54, 1.807) is 6.07 Å². The molecule has 1 unspecified atom stereocenters. The Bertz CT molecular complexity index is 766. The SMILES string of the molecule is Cc1ccc(S(=O)(=O)N2CCC(C(=O)NCC(N)C3CC3)CC2)c(C)c1. The van der Waals surface area contributed by atoms with Crippen LogP contribution in [0, 0.1) is 25.7 Å². The summed E-state index contributed by atoms with van der Waals surface area (Å²) >= 11 is 0. The Morgan fingerprint density at radius 3 is 2.46 bits per heavy atom. The third-order valence-corrected chi connectivity index (χ3v) is 7.57. The van der Waals surface area contributed by atoms with Crippen LogP contribution in [0.3, 0.4) is 0 Å². The van der Waals surface area contributed by atoms with Gasteiger partial charge >= 0.3 is 0 Å². The molecule has 1 saturated heterocycles. The van der Waals surface area contributed by atoms with Crippen molar-refractivity contribution in [3.05, 3.63) is 29.3 Å². The number of piperidine rings is 1. The normalized spacial score (nSPS) is 20.7. The lowest BCUT2D eigenvalue weighted by molar-refractivity contribution is -0.126. The van der Waals surface area contributed by atoms with Gasteiger partial charge in [-0.3, -0.25) is 4.79 Å². The number of nitrogens with one attached hydrogen (secondary N) is 1. The number of nitrogens with zero attached hydrogens (tertiary/aromatic N) is 1. The van der Waals surface area contributed by atoms with Gasteiger partial charge in [-0.25, -0.2) is 8.42 Å². The van der Waals surface area contributed by atoms with E-state index in [0.29, 0.717) is 43.3 Å². The molecule has 1 heterocycles. The van der Waals surface area contributed by atoms with Crippen molar-refractivity contribution in [2.75, 3.05) is 19.6 Å². The molecule has 0 spiro atoms. The van der Waals surface area contributed by atoms with E-state index in [1.165, 1.54) is 4.31 Å². The molecule has 26 heavy (non-hydrogen) atoms. The average molecular weight is 380 g/mol. The Kier molecular flexibility index (Phi) is 5.69. The molecule has 1 amide bonds. The highest BCUT2D eigenvalue weighted by atomic mass is 32.2. The molecule has 2 fully saturated rings. The number of carbonyl (C=O) groups is 1. The van der Waals surface area contributed by atoms with Crippen LogP contribution in [0.4, 0.5) is 0 Å². The number of nitrogens with two attached hydrogens (primary N) is 1. The van der Waals surface area contributed by atoms with Gasteiger partial charge < -0.3 is 11.1 Å². The molecule has 0 bridgehead atoms. The van der Waals surface area contributed by atoms with Crippen molar-refractivity contribution in [3.8, 4) is 0 Å². The monoisotopic (exact) mass is 379 g/mol. The predicted octanol–water partition coefficient (Wildman–Crippen LogP) is 1.56. The minimum Gasteiger partial charge on any atom is -0.354 e. The molecule has 0 aromatic heterocycles. The van der Waals surface area contributed by atoms with Crippen LogP contribution < -0.4 is 11.1 Å². The van der Waals surface area contributed by atoms with Crippen molar-refractivity contribution in [1.29, 1.82) is 0 Å². The Hall–Kier alpha value is -1.44. The van der Waals surface area contributed by atoms with E-state index in [-0.39, 0.29) is 17.9 Å². The average Bonchev–Trinajstić information content (AvgIpc) is 3.44. The van der Waals surface area contributed by atoms with Gasteiger partial charge in [0, 0.05) is 31.6 Å². The summed E-state index contributed by atoms with van der Waals surface area (Å²) in [5, 5.41) is 2.94. The molecule has 1 atom stereocenters. The number of carbonyl (C=O) groups excluding carboxylic acids is 1.